The minimum atomic E-state index is 0.192. The van der Waals surface area contributed by atoms with Crippen molar-refractivity contribution >= 4 is 23.4 Å². The van der Waals surface area contributed by atoms with Gasteiger partial charge in [-0.05, 0) is 50.5 Å². The van der Waals surface area contributed by atoms with Gasteiger partial charge in [0.2, 0.25) is 5.91 Å². The van der Waals surface area contributed by atoms with Crippen LogP contribution in [0.4, 0.5) is 5.69 Å². The number of allylic oxidation sites excluding steroid dienone is 2. The Morgan fingerprint density at radius 1 is 1.37 bits per heavy atom. The minimum absolute atomic E-state index is 0.192. The molecule has 0 bridgehead atoms. The fourth-order valence-electron chi connectivity index (χ4n) is 2.23. The van der Waals surface area contributed by atoms with Gasteiger partial charge in [-0.2, -0.15) is 0 Å². The molecule has 1 aliphatic carbocycles. The second kappa shape index (κ2) is 6.66. The molecule has 0 saturated heterocycles. The highest BCUT2D eigenvalue weighted by atomic mass is 32.2. The fourth-order valence-corrected chi connectivity index (χ4v) is 3.00. The average Bonchev–Trinajstić information content (AvgIpc) is 2.93. The van der Waals surface area contributed by atoms with Crippen LogP contribution < -0.4 is 5.73 Å². The zero-order chi connectivity index (χ0) is 13.7. The number of carbonyl (C=O) groups is 1. The van der Waals surface area contributed by atoms with Gasteiger partial charge in [0.1, 0.15) is 0 Å². The number of nitrogens with zero attached hydrogens (tertiary/aromatic N) is 1. The van der Waals surface area contributed by atoms with Crippen LogP contribution in [0.2, 0.25) is 0 Å². The zero-order valence-corrected chi connectivity index (χ0v) is 12.1. The Hall–Kier alpha value is -1.42. The first kappa shape index (κ1) is 14.0. The molecule has 0 saturated carbocycles. The second-order valence-electron chi connectivity index (χ2n) is 4.58. The first-order chi connectivity index (χ1) is 9.20. The molecule has 0 aromatic heterocycles. The molecule has 1 aliphatic rings. The summed E-state index contributed by atoms with van der Waals surface area (Å²) in [6.07, 6.45) is 5.50. The van der Waals surface area contributed by atoms with Crippen molar-refractivity contribution in [3.63, 3.8) is 0 Å². The maximum Gasteiger partial charge on any atom is 0.237 e. The smallest absolute Gasteiger partial charge is 0.237 e. The van der Waals surface area contributed by atoms with Gasteiger partial charge in [-0.1, -0.05) is 6.08 Å². The number of rotatable bonds is 5. The number of amides is 1. The summed E-state index contributed by atoms with van der Waals surface area (Å²) in [5, 5.41) is 0. The van der Waals surface area contributed by atoms with E-state index in [0.29, 0.717) is 5.75 Å². The molecule has 0 atom stereocenters. The quantitative estimate of drug-likeness (QED) is 0.663. The third kappa shape index (κ3) is 3.77. The zero-order valence-electron chi connectivity index (χ0n) is 11.3. The van der Waals surface area contributed by atoms with Crippen molar-refractivity contribution in [3.05, 3.63) is 36.0 Å². The lowest BCUT2D eigenvalue weighted by Gasteiger charge is -2.22. The molecule has 0 radical (unpaired) electrons. The Morgan fingerprint density at radius 3 is 2.68 bits per heavy atom. The third-order valence-electron chi connectivity index (χ3n) is 3.22. The molecule has 4 heteroatoms. The summed E-state index contributed by atoms with van der Waals surface area (Å²) in [7, 11) is 0. The Balaban J connectivity index is 1.90. The number of nitrogens with two attached hydrogens (primary N) is 1. The molecule has 0 heterocycles. The Bertz CT molecular complexity index is 468. The van der Waals surface area contributed by atoms with Crippen molar-refractivity contribution in [2.45, 2.75) is 31.1 Å². The molecule has 19 heavy (non-hydrogen) atoms. The van der Waals surface area contributed by atoms with Crippen LogP contribution in [0, 0.1) is 0 Å². The van der Waals surface area contributed by atoms with E-state index in [1.54, 1.807) is 11.8 Å². The van der Waals surface area contributed by atoms with Crippen molar-refractivity contribution in [3.8, 4) is 0 Å². The monoisotopic (exact) mass is 276 g/mol. The summed E-state index contributed by atoms with van der Waals surface area (Å²) in [6.45, 7) is 2.79. The van der Waals surface area contributed by atoms with Gasteiger partial charge in [0.25, 0.3) is 0 Å². The number of anilines is 1. The van der Waals surface area contributed by atoms with E-state index in [2.05, 4.69) is 6.08 Å². The highest BCUT2D eigenvalue weighted by Crippen LogP contribution is 2.24. The molecular formula is C15H20N2OS. The average molecular weight is 276 g/mol. The lowest BCUT2D eigenvalue weighted by atomic mass is 10.3. The van der Waals surface area contributed by atoms with Gasteiger partial charge in [0.05, 0.1) is 5.75 Å². The van der Waals surface area contributed by atoms with E-state index < -0.39 is 0 Å². The highest BCUT2D eigenvalue weighted by Gasteiger charge is 2.18. The molecule has 3 nitrogen and oxygen atoms in total. The SMILES string of the molecule is CCN(C(=O)CSc1ccc(N)cc1)C1=CCCC1. The molecule has 1 amide bonds. The molecule has 1 aromatic rings. The van der Waals surface area contributed by atoms with Crippen LogP contribution >= 0.6 is 11.8 Å². The Morgan fingerprint density at radius 2 is 2.11 bits per heavy atom. The summed E-state index contributed by atoms with van der Waals surface area (Å²) in [5.74, 6) is 0.673. The number of carbonyl (C=O) groups excluding carboxylic acids is 1. The number of hydrogen-bond acceptors (Lipinski definition) is 3. The Kier molecular flexibility index (Phi) is 4.91. The van der Waals surface area contributed by atoms with Crippen LogP contribution in [0.1, 0.15) is 26.2 Å². The van der Waals surface area contributed by atoms with Crippen LogP contribution in [0.15, 0.2) is 40.9 Å². The predicted molar refractivity (Wildman–Crippen MR) is 80.9 cm³/mol. The van der Waals surface area contributed by atoms with Gasteiger partial charge in [-0.15, -0.1) is 11.8 Å². The van der Waals surface area contributed by atoms with Crippen LogP contribution in [0.25, 0.3) is 0 Å². The van der Waals surface area contributed by atoms with E-state index in [4.69, 9.17) is 5.73 Å². The van der Waals surface area contributed by atoms with E-state index in [9.17, 15) is 4.79 Å². The minimum Gasteiger partial charge on any atom is -0.399 e. The standard InChI is InChI=1S/C15H20N2OS/c1-2-17(13-5-3-4-6-13)15(18)11-19-14-9-7-12(16)8-10-14/h5,7-10H,2-4,6,11,16H2,1H3. The first-order valence-corrected chi connectivity index (χ1v) is 7.67. The van der Waals surface area contributed by atoms with Crippen molar-refractivity contribution in [1.82, 2.24) is 4.90 Å². The summed E-state index contributed by atoms with van der Waals surface area (Å²) >= 11 is 1.57. The van der Waals surface area contributed by atoms with Crippen molar-refractivity contribution in [2.24, 2.45) is 0 Å². The van der Waals surface area contributed by atoms with Gasteiger partial charge >= 0.3 is 0 Å². The van der Waals surface area contributed by atoms with E-state index in [0.717, 1.165) is 30.0 Å². The molecule has 0 aliphatic heterocycles. The maximum absolute atomic E-state index is 12.2. The Labute approximate surface area is 118 Å². The molecule has 102 valence electrons. The van der Waals surface area contributed by atoms with Crippen LogP contribution in [-0.2, 0) is 4.79 Å². The highest BCUT2D eigenvalue weighted by molar-refractivity contribution is 8.00. The fraction of sp³-hybridized carbons (Fsp3) is 0.400. The van der Waals surface area contributed by atoms with E-state index in [1.165, 1.54) is 12.1 Å². The van der Waals surface area contributed by atoms with Gasteiger partial charge in [0, 0.05) is 22.8 Å². The first-order valence-electron chi connectivity index (χ1n) is 6.68. The van der Waals surface area contributed by atoms with Crippen molar-refractivity contribution in [1.29, 1.82) is 0 Å². The maximum atomic E-state index is 12.2. The van der Waals surface area contributed by atoms with Gasteiger partial charge in [0.15, 0.2) is 0 Å². The van der Waals surface area contributed by atoms with Gasteiger partial charge in [-0.25, -0.2) is 0 Å². The number of benzene rings is 1. The molecule has 1 aromatic carbocycles. The second-order valence-corrected chi connectivity index (χ2v) is 5.63. The van der Waals surface area contributed by atoms with Crippen molar-refractivity contribution in [2.75, 3.05) is 18.0 Å². The third-order valence-corrected chi connectivity index (χ3v) is 4.22. The van der Waals surface area contributed by atoms with E-state index in [-0.39, 0.29) is 5.91 Å². The van der Waals surface area contributed by atoms with Crippen LogP contribution in [0.5, 0.6) is 0 Å². The molecular weight excluding hydrogens is 256 g/mol. The largest absolute Gasteiger partial charge is 0.399 e. The predicted octanol–water partition coefficient (Wildman–Crippen LogP) is 3.28. The summed E-state index contributed by atoms with van der Waals surface area (Å²) in [5.41, 5.74) is 7.59. The van der Waals surface area contributed by atoms with Crippen LogP contribution in [0.3, 0.4) is 0 Å². The van der Waals surface area contributed by atoms with Crippen molar-refractivity contribution < 1.29 is 4.79 Å². The van der Waals surface area contributed by atoms with Gasteiger partial charge in [-0.3, -0.25) is 4.79 Å². The summed E-state index contributed by atoms with van der Waals surface area (Å²) in [4.78, 5) is 15.2. The lowest BCUT2D eigenvalue weighted by molar-refractivity contribution is -0.126. The van der Waals surface area contributed by atoms with E-state index >= 15 is 0 Å². The summed E-state index contributed by atoms with van der Waals surface area (Å²) < 4.78 is 0. The lowest BCUT2D eigenvalue weighted by Crippen LogP contribution is -2.31. The number of thioether (sulfide) groups is 1. The number of nitrogen functional groups attached to an aromatic ring is 1. The van der Waals surface area contributed by atoms with E-state index in [1.807, 2.05) is 36.1 Å². The van der Waals surface area contributed by atoms with Crippen LogP contribution in [-0.4, -0.2) is 23.1 Å². The molecule has 0 unspecified atom stereocenters. The normalized spacial score (nSPS) is 14.3. The molecule has 0 fully saturated rings. The van der Waals surface area contributed by atoms with Gasteiger partial charge < -0.3 is 10.6 Å². The number of hydrogen-bond donors (Lipinski definition) is 1. The molecule has 2 rings (SSSR count). The topological polar surface area (TPSA) is 46.3 Å². The molecule has 2 N–H and O–H groups in total. The summed E-state index contributed by atoms with van der Waals surface area (Å²) in [6, 6.07) is 7.64. The molecule has 0 spiro atoms.